The fraction of sp³-hybridized carbons (Fsp3) is 0.706. The summed E-state index contributed by atoms with van der Waals surface area (Å²) in [6.07, 6.45) is 2.41. The quantitative estimate of drug-likeness (QED) is 0.0735. The lowest BCUT2D eigenvalue weighted by molar-refractivity contribution is -0.138. The molecule has 0 aromatic heterocycles. The molecular weight excluding hydrogens is 396 g/mol. The Labute approximate surface area is 175 Å². The number of aliphatic carboxylic acids is 1. The van der Waals surface area contributed by atoms with Crippen molar-refractivity contribution in [3.63, 3.8) is 0 Å². The van der Waals surface area contributed by atoms with Crippen molar-refractivity contribution in [3.8, 4) is 0 Å². The van der Waals surface area contributed by atoms with E-state index < -0.39 is 48.4 Å². The molecule has 0 saturated carbocycles. The summed E-state index contributed by atoms with van der Waals surface area (Å²) in [5.41, 5.74) is 21.8. The molecule has 0 fully saturated rings. The molecule has 12 N–H and O–H groups in total. The molecule has 0 radical (unpaired) electrons. The van der Waals surface area contributed by atoms with E-state index >= 15 is 0 Å². The molecule has 30 heavy (non-hydrogen) atoms. The highest BCUT2D eigenvalue weighted by Gasteiger charge is 2.26. The standard InChI is InChI=1S/C17H34N8O5/c1-10(14(28)23-9-13(26)27)24-16(30)12(6-4-8-22-17(20)21)25-15(29)11(19)5-2-3-7-18/h10-12H,2-9,18-19H2,1H3,(H,23,28)(H,24,30)(H,25,29)(H,26,27)(H4,20,21,22). The molecule has 0 bridgehead atoms. The van der Waals surface area contributed by atoms with Crippen LogP contribution in [-0.2, 0) is 19.2 Å². The Hall–Kier alpha value is -2.93. The number of aliphatic imine (C=N–C) groups is 1. The SMILES string of the molecule is CC(NC(=O)C(CCCN=C(N)N)NC(=O)C(N)CCCCN)C(=O)NCC(=O)O. The van der Waals surface area contributed by atoms with Crippen LogP contribution in [0.25, 0.3) is 0 Å². The average molecular weight is 431 g/mol. The third kappa shape index (κ3) is 12.5. The summed E-state index contributed by atoms with van der Waals surface area (Å²) in [5.74, 6) is -3.09. The monoisotopic (exact) mass is 430 g/mol. The Balaban J connectivity index is 4.93. The number of rotatable bonds is 15. The Morgan fingerprint density at radius 1 is 0.967 bits per heavy atom. The molecule has 0 aliphatic heterocycles. The number of guanidine groups is 1. The number of carboxylic acids is 1. The van der Waals surface area contributed by atoms with Crippen molar-refractivity contribution in [1.82, 2.24) is 16.0 Å². The van der Waals surface area contributed by atoms with Gasteiger partial charge in [-0.3, -0.25) is 24.2 Å². The third-order valence-corrected chi connectivity index (χ3v) is 4.05. The van der Waals surface area contributed by atoms with E-state index in [1.165, 1.54) is 6.92 Å². The lowest BCUT2D eigenvalue weighted by Gasteiger charge is -2.22. The minimum absolute atomic E-state index is 0.0920. The van der Waals surface area contributed by atoms with Gasteiger partial charge in [0, 0.05) is 6.54 Å². The molecule has 0 saturated heterocycles. The summed E-state index contributed by atoms with van der Waals surface area (Å²) in [5, 5.41) is 15.8. The Kier molecular flexibility index (Phi) is 13.5. The van der Waals surface area contributed by atoms with E-state index in [-0.39, 0.29) is 18.9 Å². The fourth-order valence-corrected chi connectivity index (χ4v) is 2.39. The minimum atomic E-state index is -1.21. The molecule has 3 unspecified atom stereocenters. The number of amides is 3. The van der Waals surface area contributed by atoms with E-state index in [9.17, 15) is 19.2 Å². The van der Waals surface area contributed by atoms with Crippen LogP contribution in [0.3, 0.4) is 0 Å². The van der Waals surface area contributed by atoms with Crippen LogP contribution in [0.2, 0.25) is 0 Å². The van der Waals surface area contributed by atoms with Crippen molar-refractivity contribution in [2.75, 3.05) is 19.6 Å². The number of carboxylic acid groups (broad SMARTS) is 1. The maximum atomic E-state index is 12.6. The normalized spacial score (nSPS) is 13.4. The Morgan fingerprint density at radius 2 is 1.63 bits per heavy atom. The number of nitrogens with zero attached hydrogens (tertiary/aromatic N) is 1. The first-order chi connectivity index (χ1) is 14.1. The van der Waals surface area contributed by atoms with Crippen LogP contribution in [0.5, 0.6) is 0 Å². The van der Waals surface area contributed by atoms with Gasteiger partial charge in [0.2, 0.25) is 17.7 Å². The lowest BCUT2D eigenvalue weighted by Crippen LogP contribution is -2.55. The summed E-state index contributed by atoms with van der Waals surface area (Å²) in [6, 6.07) is -2.78. The highest BCUT2D eigenvalue weighted by atomic mass is 16.4. The average Bonchev–Trinajstić information content (AvgIpc) is 2.67. The number of carbonyl (C=O) groups excluding carboxylic acids is 3. The molecule has 0 aromatic rings. The van der Waals surface area contributed by atoms with E-state index in [1.54, 1.807) is 0 Å². The first-order valence-electron chi connectivity index (χ1n) is 9.69. The van der Waals surface area contributed by atoms with Crippen LogP contribution in [-0.4, -0.2) is 72.5 Å². The van der Waals surface area contributed by atoms with Crippen molar-refractivity contribution < 1.29 is 24.3 Å². The van der Waals surface area contributed by atoms with Crippen LogP contribution in [0, 0.1) is 0 Å². The van der Waals surface area contributed by atoms with Gasteiger partial charge in [0.15, 0.2) is 5.96 Å². The fourth-order valence-electron chi connectivity index (χ4n) is 2.39. The second kappa shape index (κ2) is 15.0. The van der Waals surface area contributed by atoms with Crippen molar-refractivity contribution in [1.29, 1.82) is 0 Å². The van der Waals surface area contributed by atoms with Gasteiger partial charge < -0.3 is 44.0 Å². The molecule has 0 aliphatic carbocycles. The Bertz CT molecular complexity index is 609. The first-order valence-corrected chi connectivity index (χ1v) is 9.69. The van der Waals surface area contributed by atoms with Gasteiger partial charge in [-0.05, 0) is 39.2 Å². The molecule has 0 aromatic carbocycles. The Morgan fingerprint density at radius 3 is 2.20 bits per heavy atom. The zero-order chi connectivity index (χ0) is 23.1. The van der Waals surface area contributed by atoms with E-state index in [2.05, 4.69) is 20.9 Å². The first kappa shape index (κ1) is 27.1. The molecule has 0 rings (SSSR count). The molecule has 0 spiro atoms. The summed E-state index contributed by atoms with van der Waals surface area (Å²) in [6.45, 7) is 1.56. The molecule has 3 atom stereocenters. The number of hydrogen-bond acceptors (Lipinski definition) is 7. The van der Waals surface area contributed by atoms with Crippen LogP contribution in [0.4, 0.5) is 0 Å². The minimum Gasteiger partial charge on any atom is -0.480 e. The van der Waals surface area contributed by atoms with Gasteiger partial charge in [-0.2, -0.15) is 0 Å². The number of hydrogen-bond donors (Lipinski definition) is 8. The van der Waals surface area contributed by atoms with Gasteiger partial charge in [0.1, 0.15) is 18.6 Å². The van der Waals surface area contributed by atoms with Gasteiger partial charge in [-0.15, -0.1) is 0 Å². The van der Waals surface area contributed by atoms with Gasteiger partial charge >= 0.3 is 5.97 Å². The van der Waals surface area contributed by atoms with Gasteiger partial charge in [-0.1, -0.05) is 6.42 Å². The van der Waals surface area contributed by atoms with Crippen LogP contribution < -0.4 is 38.9 Å². The number of unbranched alkanes of at least 4 members (excludes halogenated alkanes) is 1. The van der Waals surface area contributed by atoms with E-state index in [1.807, 2.05) is 0 Å². The van der Waals surface area contributed by atoms with Gasteiger partial charge in [-0.25, -0.2) is 0 Å². The van der Waals surface area contributed by atoms with Crippen LogP contribution in [0.1, 0.15) is 39.0 Å². The maximum Gasteiger partial charge on any atom is 0.322 e. The highest BCUT2D eigenvalue weighted by Crippen LogP contribution is 2.03. The zero-order valence-electron chi connectivity index (χ0n) is 17.2. The number of carbonyl (C=O) groups is 4. The summed E-state index contributed by atoms with van der Waals surface area (Å²) in [4.78, 5) is 51.1. The summed E-state index contributed by atoms with van der Waals surface area (Å²) in [7, 11) is 0. The van der Waals surface area contributed by atoms with E-state index in [4.69, 9.17) is 28.0 Å². The lowest BCUT2D eigenvalue weighted by atomic mass is 10.1. The molecule has 13 nitrogen and oxygen atoms in total. The van der Waals surface area contributed by atoms with Crippen LogP contribution >= 0.6 is 0 Å². The molecule has 3 amide bonds. The van der Waals surface area contributed by atoms with Crippen molar-refractivity contribution in [2.24, 2.45) is 27.9 Å². The largest absolute Gasteiger partial charge is 0.480 e. The van der Waals surface area contributed by atoms with E-state index in [0.29, 0.717) is 25.8 Å². The predicted molar refractivity (Wildman–Crippen MR) is 111 cm³/mol. The van der Waals surface area contributed by atoms with Crippen LogP contribution in [0.15, 0.2) is 4.99 Å². The second-order valence-electron chi connectivity index (χ2n) is 6.74. The third-order valence-electron chi connectivity index (χ3n) is 4.05. The molecule has 13 heteroatoms. The van der Waals surface area contributed by atoms with Crippen molar-refractivity contribution in [3.05, 3.63) is 0 Å². The maximum absolute atomic E-state index is 12.6. The molecular formula is C17H34N8O5. The number of nitrogens with one attached hydrogen (secondary N) is 3. The molecule has 0 aliphatic rings. The topological polar surface area (TPSA) is 241 Å². The predicted octanol–water partition coefficient (Wildman–Crippen LogP) is -3.31. The summed E-state index contributed by atoms with van der Waals surface area (Å²) >= 11 is 0. The van der Waals surface area contributed by atoms with E-state index in [0.717, 1.165) is 6.42 Å². The highest BCUT2D eigenvalue weighted by molar-refractivity contribution is 5.93. The van der Waals surface area contributed by atoms with Gasteiger partial charge in [0.05, 0.1) is 6.04 Å². The molecule has 172 valence electrons. The smallest absolute Gasteiger partial charge is 0.322 e. The molecule has 0 heterocycles. The summed E-state index contributed by atoms with van der Waals surface area (Å²) < 4.78 is 0. The van der Waals surface area contributed by atoms with Crippen molar-refractivity contribution >= 4 is 29.7 Å². The second-order valence-corrected chi connectivity index (χ2v) is 6.74. The van der Waals surface area contributed by atoms with Crippen molar-refractivity contribution in [2.45, 2.75) is 57.2 Å². The zero-order valence-corrected chi connectivity index (χ0v) is 17.2. The number of nitrogens with two attached hydrogens (primary N) is 4. The van der Waals surface area contributed by atoms with Gasteiger partial charge in [0.25, 0.3) is 0 Å².